The molecule has 1 heterocycles. The van der Waals surface area contributed by atoms with Crippen molar-refractivity contribution in [1.29, 1.82) is 0 Å². The zero-order chi connectivity index (χ0) is 20.2. The third-order valence-electron chi connectivity index (χ3n) is 3.77. The van der Waals surface area contributed by atoms with E-state index in [-0.39, 0.29) is 30.2 Å². The van der Waals surface area contributed by atoms with Gasteiger partial charge in [-0.3, -0.25) is 4.68 Å². The van der Waals surface area contributed by atoms with Gasteiger partial charge in [0.25, 0.3) is 0 Å². The summed E-state index contributed by atoms with van der Waals surface area (Å²) in [5.41, 5.74) is -0.620. The molecule has 27 heavy (non-hydrogen) atoms. The lowest BCUT2D eigenvalue weighted by molar-refractivity contribution is -0.141. The Morgan fingerprint density at radius 3 is 2.44 bits per heavy atom. The van der Waals surface area contributed by atoms with Crippen LogP contribution >= 0.6 is 0 Å². The van der Waals surface area contributed by atoms with E-state index < -0.39 is 21.9 Å². The summed E-state index contributed by atoms with van der Waals surface area (Å²) in [5.74, 6) is 0.569. The summed E-state index contributed by atoms with van der Waals surface area (Å²) in [7, 11) is -1.06. The van der Waals surface area contributed by atoms with Gasteiger partial charge in [0.05, 0.1) is 14.2 Å². The number of halogens is 3. The van der Waals surface area contributed by atoms with E-state index in [1.165, 1.54) is 44.0 Å². The van der Waals surface area contributed by atoms with Crippen LogP contribution in [0.3, 0.4) is 0 Å². The van der Waals surface area contributed by atoms with Crippen LogP contribution in [0, 0.1) is 6.92 Å². The molecule has 2 rings (SSSR count). The molecule has 0 radical (unpaired) electrons. The Balaban J connectivity index is 2.00. The lowest BCUT2D eigenvalue weighted by Gasteiger charge is -2.12. The molecule has 0 atom stereocenters. The van der Waals surface area contributed by atoms with E-state index in [2.05, 4.69) is 9.82 Å². The smallest absolute Gasteiger partial charge is 0.435 e. The number of hydrogen-bond acceptors (Lipinski definition) is 5. The highest BCUT2D eigenvalue weighted by Gasteiger charge is 2.34. The minimum absolute atomic E-state index is 0.0260. The van der Waals surface area contributed by atoms with Gasteiger partial charge in [-0.15, -0.1) is 0 Å². The molecule has 0 bridgehead atoms. The number of methoxy groups -OCH3 is 2. The molecule has 150 valence electrons. The molecule has 1 N–H and O–H groups in total. The molecule has 0 spiro atoms. The predicted molar refractivity (Wildman–Crippen MR) is 91.3 cm³/mol. The van der Waals surface area contributed by atoms with E-state index in [0.717, 1.165) is 6.07 Å². The average molecular weight is 407 g/mol. The lowest BCUT2D eigenvalue weighted by atomic mass is 10.3. The number of benzene rings is 1. The lowest BCUT2D eigenvalue weighted by Crippen LogP contribution is -2.26. The van der Waals surface area contributed by atoms with Gasteiger partial charge in [0.15, 0.2) is 5.69 Å². The van der Waals surface area contributed by atoms with Crippen LogP contribution in [0.15, 0.2) is 29.2 Å². The first-order chi connectivity index (χ1) is 12.6. The number of sulfonamides is 1. The number of nitrogens with one attached hydrogen (secondary N) is 1. The van der Waals surface area contributed by atoms with E-state index in [1.54, 1.807) is 0 Å². The van der Waals surface area contributed by atoms with Gasteiger partial charge in [-0.1, -0.05) is 0 Å². The average Bonchev–Trinajstić information content (AvgIpc) is 2.99. The van der Waals surface area contributed by atoms with E-state index in [9.17, 15) is 21.6 Å². The summed E-state index contributed by atoms with van der Waals surface area (Å²) in [5, 5.41) is 3.50. The molecule has 0 aliphatic heterocycles. The molecule has 1 aromatic heterocycles. The molecule has 0 fully saturated rings. The number of ether oxygens (including phenoxy) is 2. The summed E-state index contributed by atoms with van der Waals surface area (Å²) in [6, 6.07) is 5.24. The molecule has 0 amide bonds. The van der Waals surface area contributed by atoms with Crippen LogP contribution in [0.5, 0.6) is 11.5 Å². The van der Waals surface area contributed by atoms with Crippen LogP contribution in [-0.4, -0.2) is 39.0 Å². The number of nitrogens with zero attached hydrogens (tertiary/aromatic N) is 2. The van der Waals surface area contributed by atoms with Crippen LogP contribution in [-0.2, 0) is 22.7 Å². The molecule has 0 saturated heterocycles. The largest absolute Gasteiger partial charge is 0.497 e. The maximum atomic E-state index is 12.7. The van der Waals surface area contributed by atoms with Gasteiger partial charge in [0, 0.05) is 24.8 Å². The first-order valence-electron chi connectivity index (χ1n) is 7.92. The highest BCUT2D eigenvalue weighted by molar-refractivity contribution is 7.89. The maximum Gasteiger partial charge on any atom is 0.435 e. The van der Waals surface area contributed by atoms with Crippen molar-refractivity contribution in [1.82, 2.24) is 14.5 Å². The van der Waals surface area contributed by atoms with Crippen molar-refractivity contribution in [2.45, 2.75) is 31.0 Å². The van der Waals surface area contributed by atoms with Gasteiger partial charge in [-0.05, 0) is 31.5 Å². The summed E-state index contributed by atoms with van der Waals surface area (Å²) >= 11 is 0. The molecule has 0 aliphatic rings. The van der Waals surface area contributed by atoms with Crippen molar-refractivity contribution in [2.24, 2.45) is 0 Å². The molecule has 0 unspecified atom stereocenters. The Labute approximate surface area is 155 Å². The third kappa shape index (κ3) is 5.13. The summed E-state index contributed by atoms with van der Waals surface area (Å²) in [6.45, 7) is 1.68. The van der Waals surface area contributed by atoms with Crippen LogP contribution in [0.2, 0.25) is 0 Å². The molecule has 0 saturated carbocycles. The van der Waals surface area contributed by atoms with Gasteiger partial charge in [-0.25, -0.2) is 13.1 Å². The molecule has 1 aromatic carbocycles. The monoisotopic (exact) mass is 407 g/mol. The van der Waals surface area contributed by atoms with E-state index in [0.29, 0.717) is 11.4 Å². The van der Waals surface area contributed by atoms with Gasteiger partial charge in [0.1, 0.15) is 16.4 Å². The molecular formula is C16H20F3N3O4S. The second-order valence-corrected chi connectivity index (χ2v) is 7.40. The molecule has 7 nitrogen and oxygen atoms in total. The van der Waals surface area contributed by atoms with Gasteiger partial charge in [0.2, 0.25) is 10.0 Å². The first kappa shape index (κ1) is 21.0. The fraction of sp³-hybridized carbons (Fsp3) is 0.438. The number of alkyl halides is 3. The second kappa shape index (κ2) is 8.17. The maximum absolute atomic E-state index is 12.7. The topological polar surface area (TPSA) is 82.5 Å². The number of hydrogen-bond donors (Lipinski definition) is 1. The molecule has 11 heteroatoms. The van der Waals surface area contributed by atoms with Crippen molar-refractivity contribution >= 4 is 10.0 Å². The Morgan fingerprint density at radius 1 is 1.19 bits per heavy atom. The fourth-order valence-corrected chi connectivity index (χ4v) is 3.61. The number of rotatable bonds is 8. The zero-order valence-electron chi connectivity index (χ0n) is 15.0. The molecule has 2 aromatic rings. The Bertz CT molecular complexity index is 895. The first-order valence-corrected chi connectivity index (χ1v) is 9.40. The summed E-state index contributed by atoms with van der Waals surface area (Å²) in [6.07, 6.45) is -4.25. The highest BCUT2D eigenvalue weighted by Crippen LogP contribution is 2.29. The van der Waals surface area contributed by atoms with Crippen LogP contribution in [0.1, 0.15) is 17.8 Å². The van der Waals surface area contributed by atoms with Crippen LogP contribution < -0.4 is 14.2 Å². The van der Waals surface area contributed by atoms with E-state index >= 15 is 0 Å². The van der Waals surface area contributed by atoms with Crippen molar-refractivity contribution in [3.05, 3.63) is 35.7 Å². The van der Waals surface area contributed by atoms with Crippen molar-refractivity contribution in [3.63, 3.8) is 0 Å². The normalized spacial score (nSPS) is 12.2. The minimum Gasteiger partial charge on any atom is -0.497 e. The van der Waals surface area contributed by atoms with E-state index in [4.69, 9.17) is 9.47 Å². The summed E-state index contributed by atoms with van der Waals surface area (Å²) in [4.78, 5) is -0.0552. The number of aromatic nitrogens is 2. The van der Waals surface area contributed by atoms with Crippen molar-refractivity contribution < 1.29 is 31.1 Å². The number of aryl methyl sites for hydroxylation is 2. The second-order valence-electron chi connectivity index (χ2n) is 5.66. The molecular weight excluding hydrogens is 387 g/mol. The Kier molecular flexibility index (Phi) is 6.37. The standard InChI is InChI=1S/C16H20F3N3O4S/c1-11-9-15(16(17,18)19)21-22(11)8-4-7-20-27(23,24)14-6-5-12(25-2)10-13(14)26-3/h5-6,9-10,20H,4,7-8H2,1-3H3. The predicted octanol–water partition coefficient (Wildman–Crippen LogP) is 2.60. The Hall–Kier alpha value is -2.27. The SMILES string of the molecule is COc1ccc(S(=O)(=O)NCCCn2nc(C(F)(F)F)cc2C)c(OC)c1. The quantitative estimate of drug-likeness (QED) is 0.681. The van der Waals surface area contributed by atoms with E-state index in [1.807, 2.05) is 0 Å². The third-order valence-corrected chi connectivity index (χ3v) is 5.27. The van der Waals surface area contributed by atoms with Crippen molar-refractivity contribution in [2.75, 3.05) is 20.8 Å². The Morgan fingerprint density at radius 2 is 1.89 bits per heavy atom. The van der Waals surface area contributed by atoms with Crippen LogP contribution in [0.4, 0.5) is 13.2 Å². The fourth-order valence-electron chi connectivity index (χ4n) is 2.39. The van der Waals surface area contributed by atoms with Gasteiger partial charge < -0.3 is 9.47 Å². The zero-order valence-corrected chi connectivity index (χ0v) is 15.8. The minimum atomic E-state index is -4.51. The molecule has 0 aliphatic carbocycles. The van der Waals surface area contributed by atoms with Crippen LogP contribution in [0.25, 0.3) is 0 Å². The van der Waals surface area contributed by atoms with Gasteiger partial charge >= 0.3 is 6.18 Å². The highest BCUT2D eigenvalue weighted by atomic mass is 32.2. The van der Waals surface area contributed by atoms with Crippen molar-refractivity contribution in [3.8, 4) is 11.5 Å². The summed E-state index contributed by atoms with van der Waals surface area (Å²) < 4.78 is 76.5. The van der Waals surface area contributed by atoms with Gasteiger partial charge in [-0.2, -0.15) is 18.3 Å².